The van der Waals surface area contributed by atoms with E-state index >= 15 is 0 Å². The van der Waals surface area contributed by atoms with E-state index in [0.29, 0.717) is 25.6 Å². The van der Waals surface area contributed by atoms with E-state index in [2.05, 4.69) is 35.6 Å². The Balaban J connectivity index is 1.44. The number of halogens is 3. The van der Waals surface area contributed by atoms with E-state index in [1.807, 2.05) is 0 Å². The SMILES string of the molecule is O=C(NCCNc1cc(N2CCOCC2)ncn1)Nc1ccccc1OC(F)(F)F. The van der Waals surface area contributed by atoms with Crippen LogP contribution in [-0.4, -0.2) is 61.8 Å². The first-order valence-corrected chi connectivity index (χ1v) is 9.19. The Hall–Kier alpha value is -3.28. The minimum absolute atomic E-state index is 0.0914. The summed E-state index contributed by atoms with van der Waals surface area (Å²) in [6.45, 7) is 3.35. The van der Waals surface area contributed by atoms with Crippen molar-refractivity contribution >= 4 is 23.4 Å². The normalized spacial score (nSPS) is 14.2. The van der Waals surface area contributed by atoms with Crippen LogP contribution in [0.1, 0.15) is 0 Å². The lowest BCUT2D eigenvalue weighted by molar-refractivity contribution is -0.274. The molecule has 30 heavy (non-hydrogen) atoms. The van der Waals surface area contributed by atoms with Crippen LogP contribution in [0, 0.1) is 0 Å². The molecule has 1 saturated heterocycles. The summed E-state index contributed by atoms with van der Waals surface area (Å²) >= 11 is 0. The summed E-state index contributed by atoms with van der Waals surface area (Å²) < 4.78 is 46.5. The van der Waals surface area contributed by atoms with Crippen molar-refractivity contribution in [3.8, 4) is 5.75 Å². The molecule has 1 fully saturated rings. The van der Waals surface area contributed by atoms with E-state index in [4.69, 9.17) is 4.74 Å². The lowest BCUT2D eigenvalue weighted by atomic mass is 10.3. The molecule has 1 aromatic carbocycles. The van der Waals surface area contributed by atoms with Crippen molar-refractivity contribution in [2.45, 2.75) is 6.36 Å². The maximum absolute atomic E-state index is 12.4. The highest BCUT2D eigenvalue weighted by Crippen LogP contribution is 2.29. The van der Waals surface area contributed by atoms with Crippen molar-refractivity contribution in [3.63, 3.8) is 0 Å². The highest BCUT2D eigenvalue weighted by Gasteiger charge is 2.32. The third-order valence-electron chi connectivity index (χ3n) is 4.07. The molecule has 1 aliphatic heterocycles. The number of ether oxygens (including phenoxy) is 2. The molecule has 0 bridgehead atoms. The molecule has 0 unspecified atom stereocenters. The fraction of sp³-hybridized carbons (Fsp3) is 0.389. The highest BCUT2D eigenvalue weighted by atomic mass is 19.4. The van der Waals surface area contributed by atoms with Crippen molar-refractivity contribution in [1.82, 2.24) is 15.3 Å². The quantitative estimate of drug-likeness (QED) is 0.585. The van der Waals surface area contributed by atoms with Gasteiger partial charge in [0.05, 0.1) is 18.9 Å². The monoisotopic (exact) mass is 426 g/mol. The van der Waals surface area contributed by atoms with E-state index in [9.17, 15) is 18.0 Å². The third kappa shape index (κ3) is 6.65. The van der Waals surface area contributed by atoms with E-state index < -0.39 is 18.1 Å². The van der Waals surface area contributed by atoms with Crippen molar-refractivity contribution in [3.05, 3.63) is 36.7 Å². The second-order valence-electron chi connectivity index (χ2n) is 6.21. The molecule has 0 atom stereocenters. The van der Waals surface area contributed by atoms with Gasteiger partial charge >= 0.3 is 12.4 Å². The summed E-state index contributed by atoms with van der Waals surface area (Å²) in [5.41, 5.74) is -0.0914. The maximum atomic E-state index is 12.4. The van der Waals surface area contributed by atoms with Gasteiger partial charge in [-0.2, -0.15) is 0 Å². The molecule has 3 rings (SSSR count). The van der Waals surface area contributed by atoms with Gasteiger partial charge in [-0.25, -0.2) is 14.8 Å². The Bertz CT molecular complexity index is 846. The van der Waals surface area contributed by atoms with Gasteiger partial charge in [-0.1, -0.05) is 12.1 Å². The number of nitrogens with zero attached hydrogens (tertiary/aromatic N) is 3. The number of amides is 2. The van der Waals surface area contributed by atoms with E-state index in [-0.39, 0.29) is 12.2 Å². The van der Waals surface area contributed by atoms with Crippen LogP contribution < -0.4 is 25.6 Å². The molecular weight excluding hydrogens is 405 g/mol. The number of morpholine rings is 1. The molecule has 0 spiro atoms. The first-order chi connectivity index (χ1) is 14.4. The molecule has 12 heteroatoms. The van der Waals surface area contributed by atoms with Crippen LogP contribution in [-0.2, 0) is 4.74 Å². The van der Waals surface area contributed by atoms with Gasteiger partial charge in [-0.05, 0) is 12.1 Å². The van der Waals surface area contributed by atoms with E-state index in [0.717, 1.165) is 25.0 Å². The summed E-state index contributed by atoms with van der Waals surface area (Å²) in [6.07, 6.45) is -3.40. The molecular formula is C18H21F3N6O3. The number of carbonyl (C=O) groups excluding carboxylic acids is 1. The molecule has 0 aliphatic carbocycles. The molecule has 1 aliphatic rings. The Morgan fingerprint density at radius 3 is 2.70 bits per heavy atom. The van der Waals surface area contributed by atoms with Gasteiger partial charge in [0.2, 0.25) is 0 Å². The zero-order valence-corrected chi connectivity index (χ0v) is 15.9. The van der Waals surface area contributed by atoms with Crippen molar-refractivity contribution < 1.29 is 27.4 Å². The predicted octanol–water partition coefficient (Wildman–Crippen LogP) is 2.45. The summed E-state index contributed by atoms with van der Waals surface area (Å²) in [5, 5.41) is 7.95. The summed E-state index contributed by atoms with van der Waals surface area (Å²) in [5.74, 6) is 0.885. The van der Waals surface area contributed by atoms with Gasteiger partial charge in [0.15, 0.2) is 5.75 Å². The molecule has 1 aromatic heterocycles. The molecule has 3 N–H and O–H groups in total. The Morgan fingerprint density at radius 1 is 1.17 bits per heavy atom. The number of nitrogens with one attached hydrogen (secondary N) is 3. The second kappa shape index (κ2) is 9.96. The van der Waals surface area contributed by atoms with Crippen molar-refractivity contribution in [1.29, 1.82) is 0 Å². The van der Waals surface area contributed by atoms with Gasteiger partial charge in [0.1, 0.15) is 18.0 Å². The molecule has 9 nitrogen and oxygen atoms in total. The Kier molecular flexibility index (Phi) is 7.12. The van der Waals surface area contributed by atoms with Crippen LogP contribution in [0.5, 0.6) is 5.75 Å². The van der Waals surface area contributed by atoms with E-state index in [1.54, 1.807) is 6.07 Å². The lowest BCUT2D eigenvalue weighted by Gasteiger charge is -2.27. The van der Waals surface area contributed by atoms with Gasteiger partial charge in [0.25, 0.3) is 0 Å². The number of hydrogen-bond donors (Lipinski definition) is 3. The average Bonchev–Trinajstić information content (AvgIpc) is 2.72. The van der Waals surface area contributed by atoms with Gasteiger partial charge in [-0.3, -0.25) is 0 Å². The first kappa shape index (κ1) is 21.4. The summed E-state index contributed by atoms with van der Waals surface area (Å²) in [7, 11) is 0. The fourth-order valence-corrected chi connectivity index (χ4v) is 2.73. The standard InChI is InChI=1S/C18H21F3N6O3/c19-18(20,21)30-14-4-2-1-3-13(14)26-17(28)23-6-5-22-15-11-16(25-12-24-15)27-7-9-29-10-8-27/h1-4,11-12H,5-10H2,(H,22,24,25)(H2,23,26,28). The first-order valence-electron chi connectivity index (χ1n) is 9.19. The third-order valence-corrected chi connectivity index (χ3v) is 4.07. The highest BCUT2D eigenvalue weighted by molar-refractivity contribution is 5.90. The van der Waals surface area contributed by atoms with Crippen LogP contribution in [0.3, 0.4) is 0 Å². The van der Waals surface area contributed by atoms with E-state index in [1.165, 1.54) is 24.5 Å². The summed E-state index contributed by atoms with van der Waals surface area (Å²) in [4.78, 5) is 22.4. The molecule has 0 radical (unpaired) electrons. The second-order valence-corrected chi connectivity index (χ2v) is 6.21. The summed E-state index contributed by atoms with van der Waals surface area (Å²) in [6, 6.07) is 6.43. The molecule has 2 amide bonds. The van der Waals surface area contributed by atoms with Crippen molar-refractivity contribution in [2.24, 2.45) is 0 Å². The predicted molar refractivity (Wildman–Crippen MR) is 104 cm³/mol. The number of anilines is 3. The molecule has 2 heterocycles. The number of benzene rings is 1. The van der Waals surface area contributed by atoms with Gasteiger partial charge < -0.3 is 30.3 Å². The number of urea groups is 1. The van der Waals surface area contributed by atoms with Crippen LogP contribution in [0.15, 0.2) is 36.7 Å². The topological polar surface area (TPSA) is 101 Å². The number of hydrogen-bond acceptors (Lipinski definition) is 7. The number of alkyl halides is 3. The number of carbonyl (C=O) groups is 1. The van der Waals surface area contributed by atoms with Gasteiger partial charge in [-0.15, -0.1) is 13.2 Å². The fourth-order valence-electron chi connectivity index (χ4n) is 2.73. The smallest absolute Gasteiger partial charge is 0.404 e. The van der Waals surface area contributed by atoms with Crippen LogP contribution in [0.25, 0.3) is 0 Å². The van der Waals surface area contributed by atoms with Gasteiger partial charge in [0, 0.05) is 32.2 Å². The number of rotatable bonds is 7. The Labute approximate surface area is 170 Å². The zero-order chi connectivity index (χ0) is 21.4. The number of para-hydroxylation sites is 2. The maximum Gasteiger partial charge on any atom is 0.573 e. The lowest BCUT2D eigenvalue weighted by Crippen LogP contribution is -2.36. The molecule has 0 saturated carbocycles. The number of aromatic nitrogens is 2. The largest absolute Gasteiger partial charge is 0.573 e. The van der Waals surface area contributed by atoms with Crippen LogP contribution in [0.4, 0.5) is 35.3 Å². The minimum atomic E-state index is -4.85. The molecule has 162 valence electrons. The minimum Gasteiger partial charge on any atom is -0.404 e. The Morgan fingerprint density at radius 2 is 1.93 bits per heavy atom. The van der Waals surface area contributed by atoms with Crippen molar-refractivity contribution in [2.75, 3.05) is 54.9 Å². The molecule has 2 aromatic rings. The van der Waals surface area contributed by atoms with Crippen LogP contribution in [0.2, 0.25) is 0 Å². The average molecular weight is 426 g/mol. The zero-order valence-electron chi connectivity index (χ0n) is 15.9. The van der Waals surface area contributed by atoms with Crippen LogP contribution >= 0.6 is 0 Å².